The van der Waals surface area contributed by atoms with Gasteiger partial charge in [-0.15, -0.1) is 0 Å². The molecule has 2 aliphatic heterocycles. The molecule has 0 aromatic heterocycles. The first-order chi connectivity index (χ1) is 17.4. The van der Waals surface area contributed by atoms with E-state index in [-0.39, 0.29) is 6.54 Å². The highest BCUT2D eigenvalue weighted by Crippen LogP contribution is 2.43. The lowest BCUT2D eigenvalue weighted by molar-refractivity contribution is -0.160. The lowest BCUT2D eigenvalue weighted by Crippen LogP contribution is -2.45. The minimum Gasteiger partial charge on any atom is -0.479 e. The van der Waals surface area contributed by atoms with Crippen LogP contribution < -0.4 is 0 Å². The molecule has 1 atom stereocenters. The number of hydrogen-bond acceptors (Lipinski definition) is 4. The van der Waals surface area contributed by atoms with Crippen molar-refractivity contribution in [3.63, 3.8) is 0 Å². The summed E-state index contributed by atoms with van der Waals surface area (Å²) in [5.74, 6) is -1.99. The number of benzene rings is 2. The molecule has 2 aliphatic rings. The van der Waals surface area contributed by atoms with Crippen LogP contribution in [0.15, 0.2) is 24.3 Å². The first kappa shape index (κ1) is 26.9. The Bertz CT molecular complexity index is 1220. The van der Waals surface area contributed by atoms with E-state index in [2.05, 4.69) is 0 Å². The Morgan fingerprint density at radius 1 is 0.838 bits per heavy atom. The molecule has 1 fully saturated rings. The summed E-state index contributed by atoms with van der Waals surface area (Å²) >= 11 is 0. The number of aliphatic carboxylic acids is 1. The summed E-state index contributed by atoms with van der Waals surface area (Å²) in [4.78, 5) is 42.1. The minimum atomic E-state index is -1.18. The van der Waals surface area contributed by atoms with Crippen molar-refractivity contribution < 1.29 is 24.2 Å². The van der Waals surface area contributed by atoms with Crippen molar-refractivity contribution in [3.05, 3.63) is 57.6 Å². The van der Waals surface area contributed by atoms with E-state index in [1.54, 1.807) is 9.80 Å². The molecule has 0 radical (unpaired) electrons. The van der Waals surface area contributed by atoms with Crippen LogP contribution in [0.2, 0.25) is 0 Å². The molecule has 7 nitrogen and oxygen atoms in total. The summed E-state index contributed by atoms with van der Waals surface area (Å²) in [6.45, 7) is 13.3. The highest BCUT2D eigenvalue weighted by molar-refractivity contribution is 6.35. The SMILES string of the molecule is Cc1ccc(-c2c(C)c3c(c(C)c2C(OC(C)(C)C)C(=O)O)CN(C(=O)C(=O)N2CCCCC2)C3)cc1. The number of hydrogen-bond donors (Lipinski definition) is 1. The quantitative estimate of drug-likeness (QED) is 0.585. The molecule has 7 heteroatoms. The van der Waals surface area contributed by atoms with Crippen LogP contribution in [0.4, 0.5) is 0 Å². The average Bonchev–Trinajstić information content (AvgIpc) is 3.31. The van der Waals surface area contributed by atoms with Crippen LogP contribution in [0, 0.1) is 20.8 Å². The van der Waals surface area contributed by atoms with Gasteiger partial charge in [-0.25, -0.2) is 4.79 Å². The van der Waals surface area contributed by atoms with E-state index < -0.39 is 29.5 Å². The maximum absolute atomic E-state index is 13.3. The molecule has 1 N–H and O–H groups in total. The van der Waals surface area contributed by atoms with E-state index in [4.69, 9.17) is 4.74 Å². The summed E-state index contributed by atoms with van der Waals surface area (Å²) in [5.41, 5.74) is 6.37. The third-order valence-electron chi connectivity index (χ3n) is 7.43. The topological polar surface area (TPSA) is 87.1 Å². The van der Waals surface area contributed by atoms with Crippen LogP contribution in [0.3, 0.4) is 0 Å². The summed E-state index contributed by atoms with van der Waals surface area (Å²) < 4.78 is 6.12. The molecule has 0 bridgehead atoms. The Morgan fingerprint density at radius 2 is 1.38 bits per heavy atom. The van der Waals surface area contributed by atoms with E-state index in [0.29, 0.717) is 25.2 Å². The van der Waals surface area contributed by atoms with Gasteiger partial charge in [0.1, 0.15) is 0 Å². The fourth-order valence-corrected chi connectivity index (χ4v) is 5.54. The zero-order valence-corrected chi connectivity index (χ0v) is 22.8. The van der Waals surface area contributed by atoms with Gasteiger partial charge in [-0.2, -0.15) is 0 Å². The molecule has 2 heterocycles. The van der Waals surface area contributed by atoms with Crippen molar-refractivity contribution in [2.45, 2.75) is 85.6 Å². The zero-order chi connectivity index (χ0) is 27.1. The third-order valence-corrected chi connectivity index (χ3v) is 7.43. The molecule has 2 aromatic rings. The van der Waals surface area contributed by atoms with Crippen LogP contribution in [-0.4, -0.2) is 51.4 Å². The number of nitrogens with zero attached hydrogens (tertiary/aromatic N) is 2. The molecular formula is C30H38N2O5. The maximum Gasteiger partial charge on any atom is 0.337 e. The van der Waals surface area contributed by atoms with Gasteiger partial charge < -0.3 is 19.6 Å². The van der Waals surface area contributed by atoms with Gasteiger partial charge in [-0.05, 0) is 94.2 Å². The van der Waals surface area contributed by atoms with Crippen LogP contribution in [-0.2, 0) is 32.2 Å². The molecular weight excluding hydrogens is 468 g/mol. The molecule has 37 heavy (non-hydrogen) atoms. The summed E-state index contributed by atoms with van der Waals surface area (Å²) in [6.07, 6.45) is 1.74. The number of ether oxygens (including phenoxy) is 1. The fourth-order valence-electron chi connectivity index (χ4n) is 5.54. The van der Waals surface area contributed by atoms with Crippen LogP contribution >= 0.6 is 0 Å². The van der Waals surface area contributed by atoms with Gasteiger partial charge in [-0.1, -0.05) is 29.8 Å². The summed E-state index contributed by atoms with van der Waals surface area (Å²) in [6, 6.07) is 8.02. The Hall–Kier alpha value is -3.19. The molecule has 1 saturated heterocycles. The van der Waals surface area contributed by atoms with E-state index in [1.165, 1.54) is 0 Å². The highest BCUT2D eigenvalue weighted by atomic mass is 16.5. The van der Waals surface area contributed by atoms with Gasteiger partial charge in [0.15, 0.2) is 6.10 Å². The lowest BCUT2D eigenvalue weighted by atomic mass is 9.83. The monoisotopic (exact) mass is 506 g/mol. The smallest absolute Gasteiger partial charge is 0.337 e. The molecule has 1 unspecified atom stereocenters. The van der Waals surface area contributed by atoms with Gasteiger partial charge in [0.05, 0.1) is 5.60 Å². The second kappa shape index (κ2) is 10.3. The Morgan fingerprint density at radius 3 is 1.92 bits per heavy atom. The van der Waals surface area contributed by atoms with Gasteiger partial charge in [0, 0.05) is 31.7 Å². The summed E-state index contributed by atoms with van der Waals surface area (Å²) in [5, 5.41) is 10.3. The van der Waals surface area contributed by atoms with Crippen LogP contribution in [0.1, 0.15) is 79.5 Å². The van der Waals surface area contributed by atoms with E-state index in [0.717, 1.165) is 58.2 Å². The van der Waals surface area contributed by atoms with E-state index in [9.17, 15) is 19.5 Å². The zero-order valence-electron chi connectivity index (χ0n) is 22.8. The highest BCUT2D eigenvalue weighted by Gasteiger charge is 2.38. The standard InChI is InChI=1S/C30H38N2O5/c1-18-10-12-21(13-11-18)24-19(2)22-16-32(28(34)27(33)31-14-8-7-9-15-31)17-23(22)20(3)25(24)26(29(35)36)37-30(4,5)6/h10-13,26H,7-9,14-17H2,1-6H3,(H,35,36). The molecule has 4 rings (SSSR count). The van der Waals surface area contributed by atoms with Crippen LogP contribution in [0.25, 0.3) is 11.1 Å². The molecule has 2 amide bonds. The van der Waals surface area contributed by atoms with Crippen molar-refractivity contribution in [1.82, 2.24) is 9.80 Å². The number of amides is 2. The predicted octanol–water partition coefficient (Wildman–Crippen LogP) is 5.07. The normalized spacial score (nSPS) is 16.5. The second-order valence-electron chi connectivity index (χ2n) is 11.3. The average molecular weight is 507 g/mol. The van der Waals surface area contributed by atoms with Crippen molar-refractivity contribution in [2.75, 3.05) is 13.1 Å². The third kappa shape index (κ3) is 5.42. The second-order valence-corrected chi connectivity index (χ2v) is 11.3. The van der Waals surface area contributed by atoms with Crippen LogP contribution in [0.5, 0.6) is 0 Å². The number of carboxylic acids is 1. The molecule has 0 saturated carbocycles. The largest absolute Gasteiger partial charge is 0.479 e. The van der Waals surface area contributed by atoms with Crippen molar-refractivity contribution in [3.8, 4) is 11.1 Å². The molecule has 0 spiro atoms. The number of likely N-dealkylation sites (tertiary alicyclic amines) is 1. The number of aryl methyl sites for hydroxylation is 1. The number of carbonyl (C=O) groups excluding carboxylic acids is 2. The van der Waals surface area contributed by atoms with Gasteiger partial charge >= 0.3 is 17.8 Å². The number of piperidine rings is 1. The first-order valence-corrected chi connectivity index (χ1v) is 13.1. The van der Waals surface area contributed by atoms with Crippen molar-refractivity contribution in [1.29, 1.82) is 0 Å². The Balaban J connectivity index is 1.82. The number of rotatable bonds is 4. The van der Waals surface area contributed by atoms with Gasteiger partial charge in [-0.3, -0.25) is 9.59 Å². The molecule has 198 valence electrons. The van der Waals surface area contributed by atoms with E-state index in [1.807, 2.05) is 65.8 Å². The Kier molecular flexibility index (Phi) is 7.47. The Labute approximate surface area is 219 Å². The number of fused-ring (bicyclic) bond motifs is 1. The van der Waals surface area contributed by atoms with Gasteiger partial charge in [0.2, 0.25) is 0 Å². The molecule has 2 aromatic carbocycles. The van der Waals surface area contributed by atoms with Crippen molar-refractivity contribution in [2.24, 2.45) is 0 Å². The van der Waals surface area contributed by atoms with Gasteiger partial charge in [0.25, 0.3) is 0 Å². The predicted molar refractivity (Wildman–Crippen MR) is 142 cm³/mol. The maximum atomic E-state index is 13.3. The lowest BCUT2D eigenvalue weighted by Gasteiger charge is -2.29. The molecule has 0 aliphatic carbocycles. The van der Waals surface area contributed by atoms with E-state index >= 15 is 0 Å². The summed E-state index contributed by atoms with van der Waals surface area (Å²) in [7, 11) is 0. The van der Waals surface area contributed by atoms with Crippen molar-refractivity contribution >= 4 is 17.8 Å². The minimum absolute atomic E-state index is 0.281. The first-order valence-electron chi connectivity index (χ1n) is 13.1. The fraction of sp³-hybridized carbons (Fsp3) is 0.500. The number of carbonyl (C=O) groups is 3. The number of carboxylic acid groups (broad SMARTS) is 1.